The predicted molar refractivity (Wildman–Crippen MR) is 84.7 cm³/mol. The standard InChI is InChI=1S/C18H22N2O3/c1-2-15(21-10-1)12-20-9-11-22-18-16(20)3-4-17(18)23-13-14-5-7-19-8-6-14/h1-2,5-8,10,16-18H,3-4,9,11-13H2/t16-,17+,18+/m0/s1. The van der Waals surface area contributed by atoms with Gasteiger partial charge in [0, 0.05) is 25.0 Å². The summed E-state index contributed by atoms with van der Waals surface area (Å²) in [5.74, 6) is 1.02. The molecule has 2 fully saturated rings. The van der Waals surface area contributed by atoms with Crippen LogP contribution in [0.4, 0.5) is 0 Å². The Bertz CT molecular complexity index is 602. The Morgan fingerprint density at radius 2 is 2.13 bits per heavy atom. The van der Waals surface area contributed by atoms with Gasteiger partial charge >= 0.3 is 0 Å². The molecule has 5 heteroatoms. The average molecular weight is 314 g/mol. The Kier molecular flexibility index (Phi) is 4.41. The topological polar surface area (TPSA) is 47.7 Å². The van der Waals surface area contributed by atoms with Crippen LogP contribution in [0.2, 0.25) is 0 Å². The van der Waals surface area contributed by atoms with E-state index >= 15 is 0 Å². The number of ether oxygens (including phenoxy) is 2. The Labute approximate surface area is 136 Å². The molecule has 5 nitrogen and oxygen atoms in total. The fourth-order valence-electron chi connectivity index (χ4n) is 3.65. The summed E-state index contributed by atoms with van der Waals surface area (Å²) in [5, 5.41) is 0. The van der Waals surface area contributed by atoms with Crippen molar-refractivity contribution in [2.75, 3.05) is 13.2 Å². The van der Waals surface area contributed by atoms with Crippen molar-refractivity contribution in [2.24, 2.45) is 0 Å². The van der Waals surface area contributed by atoms with Crippen LogP contribution in [0.3, 0.4) is 0 Å². The van der Waals surface area contributed by atoms with Gasteiger partial charge in [0.25, 0.3) is 0 Å². The minimum absolute atomic E-state index is 0.167. The van der Waals surface area contributed by atoms with E-state index in [0.717, 1.165) is 43.9 Å². The highest BCUT2D eigenvalue weighted by Crippen LogP contribution is 2.33. The summed E-state index contributed by atoms with van der Waals surface area (Å²) in [6.07, 6.45) is 7.86. The molecular formula is C18H22N2O3. The zero-order valence-electron chi connectivity index (χ0n) is 13.1. The van der Waals surface area contributed by atoms with Gasteiger partial charge in [-0.25, -0.2) is 0 Å². The molecule has 23 heavy (non-hydrogen) atoms. The molecule has 122 valence electrons. The van der Waals surface area contributed by atoms with Gasteiger partial charge in [0.15, 0.2) is 0 Å². The van der Waals surface area contributed by atoms with Crippen molar-refractivity contribution < 1.29 is 13.9 Å². The monoisotopic (exact) mass is 314 g/mol. The highest BCUT2D eigenvalue weighted by atomic mass is 16.5. The molecule has 0 aromatic carbocycles. The van der Waals surface area contributed by atoms with E-state index < -0.39 is 0 Å². The highest BCUT2D eigenvalue weighted by Gasteiger charge is 2.43. The molecule has 4 rings (SSSR count). The molecule has 2 aromatic heterocycles. The lowest BCUT2D eigenvalue weighted by atomic mass is 10.1. The number of morpholine rings is 1. The molecule has 0 spiro atoms. The number of pyridine rings is 1. The summed E-state index contributed by atoms with van der Waals surface area (Å²) >= 11 is 0. The van der Waals surface area contributed by atoms with Crippen LogP contribution in [0.25, 0.3) is 0 Å². The minimum atomic E-state index is 0.167. The third-order valence-corrected chi connectivity index (χ3v) is 4.80. The fourth-order valence-corrected chi connectivity index (χ4v) is 3.65. The van der Waals surface area contributed by atoms with E-state index in [-0.39, 0.29) is 12.2 Å². The zero-order valence-corrected chi connectivity index (χ0v) is 13.1. The SMILES string of the molecule is c1coc(CN2CCO[C@H]3[C@H](OCc4ccncc4)CC[C@@H]32)c1. The van der Waals surface area contributed by atoms with E-state index in [9.17, 15) is 0 Å². The number of rotatable bonds is 5. The number of nitrogens with zero attached hydrogens (tertiary/aromatic N) is 2. The molecule has 2 aliphatic rings. The number of furan rings is 1. The van der Waals surface area contributed by atoms with E-state index in [1.165, 1.54) is 0 Å². The second kappa shape index (κ2) is 6.83. The molecule has 0 N–H and O–H groups in total. The summed E-state index contributed by atoms with van der Waals surface area (Å²) in [4.78, 5) is 6.52. The molecule has 3 heterocycles. The lowest BCUT2D eigenvalue weighted by Crippen LogP contribution is -2.51. The number of hydrogen-bond donors (Lipinski definition) is 0. The van der Waals surface area contributed by atoms with Crippen LogP contribution in [0.15, 0.2) is 47.3 Å². The molecule has 0 unspecified atom stereocenters. The minimum Gasteiger partial charge on any atom is -0.468 e. The van der Waals surface area contributed by atoms with Crippen molar-refractivity contribution in [3.05, 3.63) is 54.2 Å². The summed E-state index contributed by atoms with van der Waals surface area (Å²) in [6, 6.07) is 8.41. The van der Waals surface area contributed by atoms with Crippen molar-refractivity contribution in [1.82, 2.24) is 9.88 Å². The maximum absolute atomic E-state index is 6.14. The first-order valence-electron chi connectivity index (χ1n) is 8.29. The normalized spacial score (nSPS) is 27.9. The van der Waals surface area contributed by atoms with E-state index in [0.29, 0.717) is 12.6 Å². The van der Waals surface area contributed by atoms with Gasteiger partial charge in [0.1, 0.15) is 5.76 Å². The van der Waals surface area contributed by atoms with Gasteiger partial charge in [0.05, 0.1) is 38.2 Å². The van der Waals surface area contributed by atoms with Gasteiger partial charge in [-0.15, -0.1) is 0 Å². The van der Waals surface area contributed by atoms with Gasteiger partial charge in [-0.1, -0.05) is 0 Å². The van der Waals surface area contributed by atoms with Gasteiger partial charge in [-0.05, 0) is 42.7 Å². The third-order valence-electron chi connectivity index (χ3n) is 4.80. The second-order valence-electron chi connectivity index (χ2n) is 6.23. The lowest BCUT2D eigenvalue weighted by molar-refractivity contribution is -0.119. The Morgan fingerprint density at radius 3 is 2.96 bits per heavy atom. The van der Waals surface area contributed by atoms with Crippen LogP contribution in [0, 0.1) is 0 Å². The lowest BCUT2D eigenvalue weighted by Gasteiger charge is -2.38. The Balaban J connectivity index is 1.37. The molecule has 1 aliphatic carbocycles. The molecule has 0 amide bonds. The largest absolute Gasteiger partial charge is 0.468 e. The van der Waals surface area contributed by atoms with E-state index in [1.807, 2.05) is 24.3 Å². The van der Waals surface area contributed by atoms with Crippen LogP contribution in [-0.2, 0) is 22.6 Å². The Morgan fingerprint density at radius 1 is 1.22 bits per heavy atom. The third kappa shape index (κ3) is 3.32. The first kappa shape index (κ1) is 14.9. The molecule has 3 atom stereocenters. The number of aromatic nitrogens is 1. The predicted octanol–water partition coefficient (Wildman–Crippen LogP) is 2.62. The fraction of sp³-hybridized carbons (Fsp3) is 0.500. The van der Waals surface area contributed by atoms with Crippen LogP contribution in [0.1, 0.15) is 24.2 Å². The zero-order chi connectivity index (χ0) is 15.5. The van der Waals surface area contributed by atoms with E-state index in [1.54, 1.807) is 18.7 Å². The Hall–Kier alpha value is -1.69. The number of hydrogen-bond acceptors (Lipinski definition) is 5. The smallest absolute Gasteiger partial charge is 0.117 e. The first-order chi connectivity index (χ1) is 11.4. The van der Waals surface area contributed by atoms with Crippen LogP contribution in [0.5, 0.6) is 0 Å². The van der Waals surface area contributed by atoms with Crippen LogP contribution >= 0.6 is 0 Å². The van der Waals surface area contributed by atoms with Crippen molar-refractivity contribution in [3.8, 4) is 0 Å². The molecule has 2 aromatic rings. The van der Waals surface area contributed by atoms with Gasteiger partial charge in [-0.3, -0.25) is 9.88 Å². The second-order valence-corrected chi connectivity index (χ2v) is 6.23. The van der Waals surface area contributed by atoms with Crippen molar-refractivity contribution in [3.63, 3.8) is 0 Å². The highest BCUT2D eigenvalue weighted by molar-refractivity contribution is 5.08. The summed E-state index contributed by atoms with van der Waals surface area (Å²) in [5.41, 5.74) is 1.16. The maximum atomic E-state index is 6.14. The van der Waals surface area contributed by atoms with E-state index in [4.69, 9.17) is 13.9 Å². The van der Waals surface area contributed by atoms with Crippen LogP contribution in [-0.4, -0.2) is 41.3 Å². The summed E-state index contributed by atoms with van der Waals surface area (Å²) < 4.78 is 17.7. The van der Waals surface area contributed by atoms with Gasteiger partial charge in [0.2, 0.25) is 0 Å². The van der Waals surface area contributed by atoms with E-state index in [2.05, 4.69) is 9.88 Å². The quantitative estimate of drug-likeness (QED) is 0.849. The number of fused-ring (bicyclic) bond motifs is 1. The van der Waals surface area contributed by atoms with Gasteiger partial charge in [-0.2, -0.15) is 0 Å². The molecule has 0 radical (unpaired) electrons. The van der Waals surface area contributed by atoms with Crippen molar-refractivity contribution >= 4 is 0 Å². The van der Waals surface area contributed by atoms with Gasteiger partial charge < -0.3 is 13.9 Å². The maximum Gasteiger partial charge on any atom is 0.117 e. The first-order valence-corrected chi connectivity index (χ1v) is 8.29. The summed E-state index contributed by atoms with van der Waals surface area (Å²) in [7, 11) is 0. The molecule has 1 aliphatic heterocycles. The average Bonchev–Trinajstić information content (AvgIpc) is 3.24. The van der Waals surface area contributed by atoms with Crippen molar-refractivity contribution in [2.45, 2.75) is 44.2 Å². The molecule has 1 saturated heterocycles. The van der Waals surface area contributed by atoms with Crippen molar-refractivity contribution in [1.29, 1.82) is 0 Å². The van der Waals surface area contributed by atoms with Crippen LogP contribution < -0.4 is 0 Å². The molecule has 0 bridgehead atoms. The molecular weight excluding hydrogens is 292 g/mol. The molecule has 1 saturated carbocycles. The summed E-state index contributed by atoms with van der Waals surface area (Å²) in [6.45, 7) is 3.20.